The average molecular weight is 823 g/mol. The lowest BCUT2D eigenvalue weighted by molar-refractivity contribution is -0.137. The molecule has 2 atom stereocenters. The van der Waals surface area contributed by atoms with Crippen LogP contribution in [0.5, 0.6) is 0 Å². The number of imide groups is 1. The van der Waals surface area contributed by atoms with Crippen molar-refractivity contribution in [3.8, 4) is 5.00 Å². The summed E-state index contributed by atoms with van der Waals surface area (Å²) in [4.78, 5) is 74.0. The Balaban J connectivity index is 0.859. The summed E-state index contributed by atoms with van der Waals surface area (Å²) >= 11 is 7.88. The third-order valence-corrected chi connectivity index (χ3v) is 12.7. The number of nitrogens with zero attached hydrogens (tertiary/aromatic N) is 7. The average Bonchev–Trinajstić information content (AvgIpc) is 3.82. The highest BCUT2D eigenvalue weighted by molar-refractivity contribution is 7.15. The number of piperazine rings is 1. The summed E-state index contributed by atoms with van der Waals surface area (Å²) in [5.74, 6) is -0.191. The molecule has 0 saturated carbocycles. The molecule has 0 bridgehead atoms. The van der Waals surface area contributed by atoms with Crippen molar-refractivity contribution >= 4 is 63.9 Å². The first kappa shape index (κ1) is 39.1. The maximum atomic E-state index is 13.8. The van der Waals surface area contributed by atoms with E-state index in [0.29, 0.717) is 74.2 Å². The van der Waals surface area contributed by atoms with Crippen molar-refractivity contribution < 1.29 is 24.0 Å². The van der Waals surface area contributed by atoms with Crippen LogP contribution in [-0.2, 0) is 25.7 Å². The molecule has 3 N–H and O–H groups in total. The van der Waals surface area contributed by atoms with Gasteiger partial charge in [-0.25, -0.2) is 5.01 Å². The number of hydrogen-bond donors (Lipinski definition) is 3. The molecule has 8 rings (SSSR count). The van der Waals surface area contributed by atoms with E-state index in [4.69, 9.17) is 16.6 Å². The number of aromatic nitrogens is 3. The molecule has 2 fully saturated rings. The van der Waals surface area contributed by atoms with Gasteiger partial charge in [-0.15, -0.1) is 21.5 Å². The summed E-state index contributed by atoms with van der Waals surface area (Å²) < 4.78 is 1.97. The SMILES string of the molecule is C=C(C(=O)NN1CCN(C(=O)CCCNc2cccc3c2CN(C2CCC(=O)NC2=O)C3=O)CC1)[C@@H]1N=C(c2ccc(Cl)cc2)c2c(sc(C)c2C)-n2c(C)nnc21. The lowest BCUT2D eigenvalue weighted by Gasteiger charge is -2.35. The second-order valence-electron chi connectivity index (χ2n) is 14.9. The zero-order chi connectivity index (χ0) is 40.8. The van der Waals surface area contributed by atoms with Crippen LogP contribution in [0.3, 0.4) is 0 Å². The first-order valence-corrected chi connectivity index (χ1v) is 20.5. The zero-order valence-electron chi connectivity index (χ0n) is 32.4. The van der Waals surface area contributed by atoms with Gasteiger partial charge in [0.05, 0.1) is 5.71 Å². The maximum Gasteiger partial charge on any atom is 0.263 e. The predicted molar refractivity (Wildman–Crippen MR) is 219 cm³/mol. The van der Waals surface area contributed by atoms with E-state index in [1.807, 2.05) is 41.8 Å². The number of anilines is 1. The van der Waals surface area contributed by atoms with Crippen molar-refractivity contribution in [1.29, 1.82) is 0 Å². The normalized spacial score (nSPS) is 19.2. The van der Waals surface area contributed by atoms with Gasteiger partial charge in [0.15, 0.2) is 5.82 Å². The molecular weight excluding hydrogens is 780 g/mol. The molecule has 15 nitrogen and oxygen atoms in total. The molecule has 2 aromatic carbocycles. The van der Waals surface area contributed by atoms with Crippen molar-refractivity contribution in [2.75, 3.05) is 38.0 Å². The third-order valence-electron chi connectivity index (χ3n) is 11.3. The molecule has 17 heteroatoms. The van der Waals surface area contributed by atoms with Crippen LogP contribution in [0.4, 0.5) is 5.69 Å². The molecule has 0 spiro atoms. The first-order valence-electron chi connectivity index (χ1n) is 19.3. The van der Waals surface area contributed by atoms with E-state index in [1.54, 1.807) is 33.4 Å². The van der Waals surface area contributed by atoms with E-state index in [9.17, 15) is 24.0 Å². The number of benzene rings is 2. The van der Waals surface area contributed by atoms with Crippen molar-refractivity contribution in [3.63, 3.8) is 0 Å². The zero-order valence-corrected chi connectivity index (χ0v) is 34.0. The van der Waals surface area contributed by atoms with Gasteiger partial charge in [0.2, 0.25) is 17.7 Å². The second-order valence-corrected chi connectivity index (χ2v) is 16.5. The van der Waals surface area contributed by atoms with E-state index < -0.39 is 23.9 Å². The first-order chi connectivity index (χ1) is 27.9. The fraction of sp³-hybridized carbons (Fsp3) is 0.366. The standard InChI is InChI=1S/C41H43ClN10O5S/c1-22-24(3)58-41-34(22)36(26-10-12-27(42)13-11-26)45-35(37-47-46-25(4)52(37)41)23(2)38(55)48-50-19-17-49(18-20-50)33(54)9-6-16-43-30-8-5-7-28-29(30)21-51(40(28)57)31-14-15-32(53)44-39(31)56/h5,7-8,10-13,31,35,43H,2,6,9,14-21H2,1,3-4H3,(H,48,55)(H,44,53,56)/t31?,35-/m0/s1. The van der Waals surface area contributed by atoms with E-state index in [1.165, 1.54) is 4.90 Å². The van der Waals surface area contributed by atoms with Crippen LogP contribution >= 0.6 is 22.9 Å². The Kier molecular flexibility index (Phi) is 10.7. The Morgan fingerprint density at radius 2 is 1.78 bits per heavy atom. The summed E-state index contributed by atoms with van der Waals surface area (Å²) in [5, 5.41) is 17.9. The van der Waals surface area contributed by atoms with Gasteiger partial charge in [0.25, 0.3) is 11.8 Å². The van der Waals surface area contributed by atoms with Gasteiger partial charge in [-0.3, -0.25) is 44.3 Å². The van der Waals surface area contributed by atoms with Gasteiger partial charge in [-0.05, 0) is 63.4 Å². The Morgan fingerprint density at radius 1 is 1.02 bits per heavy atom. The molecule has 6 heterocycles. The molecule has 4 aliphatic heterocycles. The number of nitrogens with one attached hydrogen (secondary N) is 3. The van der Waals surface area contributed by atoms with Crippen LogP contribution < -0.4 is 16.1 Å². The van der Waals surface area contributed by atoms with Crippen molar-refractivity contribution in [2.24, 2.45) is 4.99 Å². The third kappa shape index (κ3) is 7.31. The number of amides is 5. The van der Waals surface area contributed by atoms with Crippen molar-refractivity contribution in [3.05, 3.63) is 104 Å². The number of fused-ring (bicyclic) bond motifs is 4. The maximum absolute atomic E-state index is 13.8. The summed E-state index contributed by atoms with van der Waals surface area (Å²) in [6.07, 6.45) is 1.39. The number of piperidine rings is 1. The molecule has 58 heavy (non-hydrogen) atoms. The van der Waals surface area contributed by atoms with E-state index in [0.717, 1.165) is 43.5 Å². The van der Waals surface area contributed by atoms with Gasteiger partial charge in [-0.2, -0.15) is 0 Å². The minimum absolute atomic E-state index is 0.0184. The highest BCUT2D eigenvalue weighted by atomic mass is 35.5. The van der Waals surface area contributed by atoms with E-state index in [-0.39, 0.29) is 36.3 Å². The number of rotatable bonds is 10. The Bertz CT molecular complexity index is 2400. The van der Waals surface area contributed by atoms with Crippen LogP contribution in [0.25, 0.3) is 5.00 Å². The Hall–Kier alpha value is -5.71. The van der Waals surface area contributed by atoms with Gasteiger partial charge in [0, 0.05) is 95.5 Å². The fourth-order valence-corrected chi connectivity index (χ4v) is 9.28. The molecule has 4 aliphatic rings. The number of carbonyl (C=O) groups excluding carboxylic acids is 5. The number of aliphatic imine (C=N–C) groups is 1. The monoisotopic (exact) mass is 822 g/mol. The Labute approximate surface area is 344 Å². The van der Waals surface area contributed by atoms with Gasteiger partial charge >= 0.3 is 0 Å². The highest BCUT2D eigenvalue weighted by Crippen LogP contribution is 2.40. The number of hydrazine groups is 1. The summed E-state index contributed by atoms with van der Waals surface area (Å²) in [6.45, 7) is 12.8. The molecule has 300 valence electrons. The molecular formula is C41H43ClN10O5S. The van der Waals surface area contributed by atoms with Crippen LogP contribution in [0, 0.1) is 20.8 Å². The van der Waals surface area contributed by atoms with E-state index in [2.05, 4.69) is 46.7 Å². The molecule has 1 unspecified atom stereocenters. The van der Waals surface area contributed by atoms with Crippen LogP contribution in [0.2, 0.25) is 5.02 Å². The number of aryl methyl sites for hydroxylation is 2. The minimum atomic E-state index is -0.815. The van der Waals surface area contributed by atoms with Crippen LogP contribution in [-0.4, -0.2) is 104 Å². The summed E-state index contributed by atoms with van der Waals surface area (Å²) in [6, 6.07) is 11.4. The molecule has 4 aromatic rings. The summed E-state index contributed by atoms with van der Waals surface area (Å²) in [5.41, 5.74) is 8.95. The summed E-state index contributed by atoms with van der Waals surface area (Å²) in [7, 11) is 0. The van der Waals surface area contributed by atoms with Crippen molar-refractivity contribution in [1.82, 2.24) is 40.3 Å². The lowest BCUT2D eigenvalue weighted by Crippen LogP contribution is -2.55. The molecule has 2 aromatic heterocycles. The number of halogens is 1. The fourth-order valence-electron chi connectivity index (χ4n) is 7.94. The highest BCUT2D eigenvalue weighted by Gasteiger charge is 2.40. The Morgan fingerprint density at radius 3 is 2.52 bits per heavy atom. The van der Waals surface area contributed by atoms with E-state index >= 15 is 0 Å². The quantitative estimate of drug-likeness (QED) is 0.121. The predicted octanol–water partition coefficient (Wildman–Crippen LogP) is 4.18. The molecule has 2 saturated heterocycles. The second kappa shape index (κ2) is 15.9. The van der Waals surface area contributed by atoms with Gasteiger partial charge in [-0.1, -0.05) is 36.4 Å². The molecule has 5 amide bonds. The van der Waals surface area contributed by atoms with Crippen molar-refractivity contribution in [2.45, 2.75) is 65.1 Å². The van der Waals surface area contributed by atoms with Crippen LogP contribution in [0.1, 0.15) is 80.9 Å². The number of hydrogen-bond acceptors (Lipinski definition) is 11. The smallest absolute Gasteiger partial charge is 0.263 e. The largest absolute Gasteiger partial charge is 0.385 e. The van der Waals surface area contributed by atoms with Gasteiger partial charge in [0.1, 0.15) is 22.9 Å². The minimum Gasteiger partial charge on any atom is -0.385 e. The number of carbonyl (C=O) groups is 5. The van der Waals surface area contributed by atoms with Gasteiger partial charge < -0.3 is 15.1 Å². The molecule has 0 radical (unpaired) electrons. The number of thiophene rings is 1. The lowest BCUT2D eigenvalue weighted by atomic mass is 9.99. The van der Waals surface area contributed by atoms with Crippen LogP contribution in [0.15, 0.2) is 59.6 Å². The molecule has 0 aliphatic carbocycles. The topological polar surface area (TPSA) is 174 Å².